The first-order chi connectivity index (χ1) is 8.41. The Labute approximate surface area is 106 Å². The molecule has 0 aliphatic carbocycles. The summed E-state index contributed by atoms with van der Waals surface area (Å²) >= 11 is 0. The molecule has 1 rings (SSSR count). The molecule has 0 aromatic rings. The molecule has 1 atom stereocenters. The van der Waals surface area contributed by atoms with E-state index < -0.39 is 29.2 Å². The van der Waals surface area contributed by atoms with E-state index in [1.165, 1.54) is 4.90 Å². The minimum atomic E-state index is -1.15. The molecule has 6 heteroatoms. The van der Waals surface area contributed by atoms with Gasteiger partial charge < -0.3 is 4.90 Å². The molecule has 1 fully saturated rings. The van der Waals surface area contributed by atoms with E-state index >= 15 is 0 Å². The maximum atomic E-state index is 12.4. The lowest BCUT2D eigenvalue weighted by Gasteiger charge is -2.36. The third kappa shape index (κ3) is 2.21. The summed E-state index contributed by atoms with van der Waals surface area (Å²) in [5, 5.41) is 11.4. The smallest absolute Gasteiger partial charge is 0.249 e. The largest absolute Gasteiger partial charge is 0.320 e. The van der Waals surface area contributed by atoms with Crippen molar-refractivity contribution in [2.24, 2.45) is 5.41 Å². The number of piperazine rings is 1. The number of imide groups is 1. The van der Waals surface area contributed by atoms with Crippen LogP contribution in [0.2, 0.25) is 0 Å². The lowest BCUT2D eigenvalue weighted by atomic mass is 9.82. The summed E-state index contributed by atoms with van der Waals surface area (Å²) in [7, 11) is 0. The summed E-state index contributed by atoms with van der Waals surface area (Å²) in [4.78, 5) is 36.4. The molecule has 0 bridgehead atoms. The van der Waals surface area contributed by atoms with Crippen LogP contribution in [0, 0.1) is 16.7 Å². The van der Waals surface area contributed by atoms with Crippen LogP contribution in [0.5, 0.6) is 0 Å². The molecule has 1 saturated heterocycles. The number of nitrogens with zero attached hydrogens (tertiary/aromatic N) is 2. The van der Waals surface area contributed by atoms with Crippen LogP contribution in [-0.2, 0) is 14.4 Å². The van der Waals surface area contributed by atoms with Crippen LogP contribution in [-0.4, -0.2) is 35.2 Å². The van der Waals surface area contributed by atoms with Crippen LogP contribution < -0.4 is 5.32 Å². The molecular formula is C12H17N3O3. The van der Waals surface area contributed by atoms with Gasteiger partial charge >= 0.3 is 0 Å². The van der Waals surface area contributed by atoms with Crippen LogP contribution in [0.3, 0.4) is 0 Å². The van der Waals surface area contributed by atoms with E-state index in [1.807, 2.05) is 6.07 Å². The Hall–Kier alpha value is -1.90. The van der Waals surface area contributed by atoms with E-state index in [9.17, 15) is 19.6 Å². The number of nitrogens with one attached hydrogen (secondary N) is 1. The molecule has 0 radical (unpaired) electrons. The quantitative estimate of drug-likeness (QED) is 0.725. The second kappa shape index (κ2) is 5.17. The molecule has 1 unspecified atom stereocenters. The molecule has 98 valence electrons. The average Bonchev–Trinajstić information content (AvgIpc) is 2.36. The number of amides is 3. The summed E-state index contributed by atoms with van der Waals surface area (Å²) in [6.45, 7) is 4.88. The molecule has 0 spiro atoms. The van der Waals surface area contributed by atoms with Gasteiger partial charge in [-0.25, -0.2) is 0 Å². The van der Waals surface area contributed by atoms with Crippen molar-refractivity contribution >= 4 is 17.7 Å². The van der Waals surface area contributed by atoms with Crippen molar-refractivity contribution in [3.8, 4) is 6.07 Å². The predicted molar refractivity (Wildman–Crippen MR) is 63.0 cm³/mol. The lowest BCUT2D eigenvalue weighted by Crippen LogP contribution is -2.61. The van der Waals surface area contributed by atoms with E-state index in [-0.39, 0.29) is 6.54 Å². The Balaban J connectivity index is 3.05. The Bertz CT molecular complexity index is 421. The summed E-state index contributed by atoms with van der Waals surface area (Å²) in [5.41, 5.74) is -1.15. The molecule has 0 aromatic heterocycles. The molecule has 6 nitrogen and oxygen atoms in total. The second-order valence-corrected chi connectivity index (χ2v) is 4.42. The number of carbonyl (C=O) groups is 3. The first-order valence-corrected chi connectivity index (χ1v) is 5.97. The van der Waals surface area contributed by atoms with Gasteiger partial charge in [-0.15, -0.1) is 0 Å². The topological polar surface area (TPSA) is 90.3 Å². The van der Waals surface area contributed by atoms with Crippen molar-refractivity contribution in [3.63, 3.8) is 0 Å². The van der Waals surface area contributed by atoms with Gasteiger partial charge in [0.1, 0.15) is 18.0 Å². The molecule has 3 amide bonds. The Morgan fingerprint density at radius 3 is 2.50 bits per heavy atom. The zero-order valence-electron chi connectivity index (χ0n) is 10.8. The normalized spacial score (nSPS) is 20.3. The Morgan fingerprint density at radius 2 is 2.06 bits per heavy atom. The molecule has 1 aliphatic heterocycles. The highest BCUT2D eigenvalue weighted by Crippen LogP contribution is 2.29. The molecule has 1 aliphatic rings. The molecule has 0 aromatic carbocycles. The fourth-order valence-electron chi connectivity index (χ4n) is 2.00. The summed E-state index contributed by atoms with van der Waals surface area (Å²) in [5.74, 6) is -1.45. The van der Waals surface area contributed by atoms with Gasteiger partial charge in [-0.3, -0.25) is 19.7 Å². The average molecular weight is 251 g/mol. The lowest BCUT2D eigenvalue weighted by molar-refractivity contribution is -0.153. The van der Waals surface area contributed by atoms with E-state index in [1.54, 1.807) is 20.8 Å². The van der Waals surface area contributed by atoms with Gasteiger partial charge in [-0.1, -0.05) is 13.8 Å². The molecule has 0 saturated carbocycles. The van der Waals surface area contributed by atoms with Gasteiger partial charge in [-0.05, 0) is 19.8 Å². The Kier molecular flexibility index (Phi) is 4.07. The second-order valence-electron chi connectivity index (χ2n) is 4.42. The zero-order valence-corrected chi connectivity index (χ0v) is 10.8. The number of nitriles is 1. The van der Waals surface area contributed by atoms with E-state index in [0.29, 0.717) is 12.8 Å². The van der Waals surface area contributed by atoms with Gasteiger partial charge in [0, 0.05) is 0 Å². The van der Waals surface area contributed by atoms with Crippen molar-refractivity contribution < 1.29 is 14.4 Å². The fourth-order valence-corrected chi connectivity index (χ4v) is 2.00. The van der Waals surface area contributed by atoms with Crippen molar-refractivity contribution in [2.75, 3.05) is 6.54 Å². The third-order valence-corrected chi connectivity index (χ3v) is 3.51. The van der Waals surface area contributed by atoms with E-state index in [0.717, 1.165) is 0 Å². The minimum Gasteiger partial charge on any atom is -0.320 e. The van der Waals surface area contributed by atoms with Crippen LogP contribution >= 0.6 is 0 Å². The van der Waals surface area contributed by atoms with Gasteiger partial charge in [0.15, 0.2) is 0 Å². The molecule has 1 heterocycles. The van der Waals surface area contributed by atoms with Gasteiger partial charge in [0.25, 0.3) is 0 Å². The van der Waals surface area contributed by atoms with Crippen LogP contribution in [0.25, 0.3) is 0 Å². The standard InChI is InChI=1S/C12H17N3O3/c1-4-12(5-2,7-13)11(18)15-6-9(16)14-10(17)8(15)3/h8H,4-6H2,1-3H3,(H,14,16,17). The van der Waals surface area contributed by atoms with Gasteiger partial charge in [-0.2, -0.15) is 5.26 Å². The van der Waals surface area contributed by atoms with Crippen molar-refractivity contribution in [1.82, 2.24) is 10.2 Å². The molecule has 1 N–H and O–H groups in total. The highest BCUT2D eigenvalue weighted by molar-refractivity contribution is 6.05. The van der Waals surface area contributed by atoms with E-state index in [2.05, 4.69) is 5.32 Å². The fraction of sp³-hybridized carbons (Fsp3) is 0.667. The van der Waals surface area contributed by atoms with Crippen LogP contribution in [0.4, 0.5) is 0 Å². The first kappa shape index (κ1) is 14.2. The van der Waals surface area contributed by atoms with Crippen molar-refractivity contribution in [1.29, 1.82) is 5.26 Å². The van der Waals surface area contributed by atoms with Crippen molar-refractivity contribution in [3.05, 3.63) is 0 Å². The van der Waals surface area contributed by atoms with Gasteiger partial charge in [0.05, 0.1) is 6.07 Å². The summed E-state index contributed by atoms with van der Waals surface area (Å²) < 4.78 is 0. The highest BCUT2D eigenvalue weighted by Gasteiger charge is 2.43. The van der Waals surface area contributed by atoms with E-state index in [4.69, 9.17) is 0 Å². The maximum Gasteiger partial charge on any atom is 0.249 e. The van der Waals surface area contributed by atoms with Crippen molar-refractivity contribution in [2.45, 2.75) is 39.7 Å². The highest BCUT2D eigenvalue weighted by atomic mass is 16.2. The minimum absolute atomic E-state index is 0.171. The van der Waals surface area contributed by atoms with Crippen LogP contribution in [0.15, 0.2) is 0 Å². The zero-order chi connectivity index (χ0) is 13.9. The molecular weight excluding hydrogens is 234 g/mol. The van der Waals surface area contributed by atoms with Gasteiger partial charge in [0.2, 0.25) is 17.7 Å². The first-order valence-electron chi connectivity index (χ1n) is 5.97. The molecule has 18 heavy (non-hydrogen) atoms. The number of hydrogen-bond acceptors (Lipinski definition) is 4. The summed E-state index contributed by atoms with van der Waals surface area (Å²) in [6, 6.07) is 1.31. The number of rotatable bonds is 3. The SMILES string of the molecule is CCC(C#N)(CC)C(=O)N1CC(=O)NC(=O)C1C. The predicted octanol–water partition coefficient (Wildman–Crippen LogP) is 0.190. The maximum absolute atomic E-state index is 12.4. The number of hydrogen-bond donors (Lipinski definition) is 1. The monoisotopic (exact) mass is 251 g/mol. The van der Waals surface area contributed by atoms with Crippen LogP contribution in [0.1, 0.15) is 33.6 Å². The third-order valence-electron chi connectivity index (χ3n) is 3.51. The summed E-state index contributed by atoms with van der Waals surface area (Å²) in [6.07, 6.45) is 0.718. The Morgan fingerprint density at radius 1 is 1.50 bits per heavy atom. The number of carbonyl (C=O) groups excluding carboxylic acids is 3.